The first kappa shape index (κ1) is 28.3. The van der Waals surface area contributed by atoms with Crippen molar-refractivity contribution in [2.45, 2.75) is 31.2 Å². The number of hydrogen-bond donors (Lipinski definition) is 2. The summed E-state index contributed by atoms with van der Waals surface area (Å²) in [5.41, 5.74) is 1.36. The summed E-state index contributed by atoms with van der Waals surface area (Å²) in [7, 11) is -2.08. The first-order valence-electron chi connectivity index (χ1n) is 13.1. The summed E-state index contributed by atoms with van der Waals surface area (Å²) in [5.74, 6) is 0.142. The fourth-order valence-electron chi connectivity index (χ4n) is 4.79. The molecule has 0 unspecified atom stereocenters. The Morgan fingerprint density at radius 3 is 2.59 bits per heavy atom. The van der Waals surface area contributed by atoms with Gasteiger partial charge in [-0.3, -0.25) is 4.79 Å². The molecule has 0 spiro atoms. The van der Waals surface area contributed by atoms with E-state index in [0.29, 0.717) is 37.5 Å². The number of carbonyl (C=O) groups excluding carboxylic acids is 1. The van der Waals surface area contributed by atoms with E-state index >= 15 is 0 Å². The number of imidazole rings is 1. The molecule has 11 heteroatoms. The van der Waals surface area contributed by atoms with Gasteiger partial charge in [0.25, 0.3) is 15.9 Å². The maximum atomic E-state index is 13.0. The third kappa shape index (κ3) is 7.90. The molecular formula is C28H36N6O4S. The van der Waals surface area contributed by atoms with Crippen LogP contribution < -0.4 is 15.4 Å². The van der Waals surface area contributed by atoms with Crippen LogP contribution in [0, 0.1) is 0 Å². The quantitative estimate of drug-likeness (QED) is 0.190. The number of nitrogens with zero attached hydrogens (tertiary/aromatic N) is 4. The van der Waals surface area contributed by atoms with Gasteiger partial charge in [0.1, 0.15) is 18.0 Å². The van der Waals surface area contributed by atoms with E-state index in [-0.39, 0.29) is 17.2 Å². The van der Waals surface area contributed by atoms with Gasteiger partial charge < -0.3 is 24.8 Å². The highest BCUT2D eigenvalue weighted by Gasteiger charge is 2.36. The molecule has 1 saturated heterocycles. The minimum atomic E-state index is -3.63. The summed E-state index contributed by atoms with van der Waals surface area (Å²) in [5, 5.41) is 6.07. The summed E-state index contributed by atoms with van der Waals surface area (Å²) >= 11 is 0. The lowest BCUT2D eigenvalue weighted by Crippen LogP contribution is -2.48. The minimum absolute atomic E-state index is 0.185. The summed E-state index contributed by atoms with van der Waals surface area (Å²) in [6.07, 6.45) is 9.03. The van der Waals surface area contributed by atoms with E-state index in [0.717, 1.165) is 31.4 Å². The number of benzene rings is 2. The summed E-state index contributed by atoms with van der Waals surface area (Å²) in [6, 6.07) is 17.3. The molecule has 1 aliphatic rings. The van der Waals surface area contributed by atoms with Crippen LogP contribution in [0.5, 0.6) is 5.75 Å². The summed E-state index contributed by atoms with van der Waals surface area (Å²) in [4.78, 5) is 18.9. The number of sulfonamides is 1. The number of piperidine rings is 1. The van der Waals surface area contributed by atoms with Gasteiger partial charge in [-0.1, -0.05) is 42.5 Å². The van der Waals surface area contributed by atoms with Crippen LogP contribution in [0.25, 0.3) is 0 Å². The number of nitrogens with one attached hydrogen (secondary N) is 2. The normalized spacial score (nSPS) is 15.4. The molecule has 1 aromatic heterocycles. The van der Waals surface area contributed by atoms with Crippen LogP contribution in [0.2, 0.25) is 0 Å². The zero-order valence-corrected chi connectivity index (χ0v) is 23.0. The number of hydrogen-bond acceptors (Lipinski definition) is 6. The van der Waals surface area contributed by atoms with E-state index in [1.807, 2.05) is 46.0 Å². The molecule has 2 heterocycles. The van der Waals surface area contributed by atoms with Crippen molar-refractivity contribution < 1.29 is 17.9 Å². The second-order valence-corrected chi connectivity index (χ2v) is 11.3. The molecule has 4 rings (SSSR count). The van der Waals surface area contributed by atoms with Crippen LogP contribution in [0.15, 0.2) is 77.7 Å². The predicted octanol–water partition coefficient (Wildman–Crippen LogP) is 2.65. The van der Waals surface area contributed by atoms with Gasteiger partial charge in [-0.25, -0.2) is 13.4 Å². The highest BCUT2D eigenvalue weighted by Crippen LogP contribution is 2.35. The molecule has 10 nitrogen and oxygen atoms in total. The molecule has 0 bridgehead atoms. The van der Waals surface area contributed by atoms with Crippen molar-refractivity contribution in [2.75, 3.05) is 39.2 Å². The molecule has 208 valence electrons. The molecule has 0 aliphatic carbocycles. The number of carbonyl (C=O) groups is 1. The van der Waals surface area contributed by atoms with Gasteiger partial charge in [0.15, 0.2) is 0 Å². The van der Waals surface area contributed by atoms with E-state index in [2.05, 4.69) is 32.1 Å². The Kier molecular flexibility index (Phi) is 9.72. The molecule has 2 aromatic carbocycles. The van der Waals surface area contributed by atoms with Gasteiger partial charge >= 0.3 is 0 Å². The van der Waals surface area contributed by atoms with Crippen molar-refractivity contribution in [3.05, 3.63) is 84.4 Å². The van der Waals surface area contributed by atoms with Crippen molar-refractivity contribution >= 4 is 22.3 Å². The number of ether oxygens (including phenoxy) is 1. The van der Waals surface area contributed by atoms with Crippen LogP contribution in [0.3, 0.4) is 0 Å². The lowest BCUT2D eigenvalue weighted by Gasteiger charge is -2.42. The zero-order valence-electron chi connectivity index (χ0n) is 22.2. The van der Waals surface area contributed by atoms with E-state index in [4.69, 9.17) is 4.74 Å². The number of rotatable bonds is 13. The van der Waals surface area contributed by atoms with Crippen molar-refractivity contribution in [3.8, 4) is 5.75 Å². The lowest BCUT2D eigenvalue weighted by atomic mass is 9.72. The van der Waals surface area contributed by atoms with Gasteiger partial charge in [-0.2, -0.15) is 4.40 Å². The molecule has 0 radical (unpaired) electrons. The van der Waals surface area contributed by atoms with Gasteiger partial charge in [0, 0.05) is 44.0 Å². The van der Waals surface area contributed by atoms with Crippen molar-refractivity contribution in [3.63, 3.8) is 0 Å². The van der Waals surface area contributed by atoms with Crippen LogP contribution in [-0.4, -0.2) is 74.3 Å². The summed E-state index contributed by atoms with van der Waals surface area (Å²) < 4.78 is 36.0. The monoisotopic (exact) mass is 552 g/mol. The Hall–Kier alpha value is -3.70. The molecule has 1 amide bonds. The molecule has 0 atom stereocenters. The standard InChI is InChI=1S/C28H36N6O4S/c1-38-26-11-6-5-10-25(26)27(35)31-20-28(24-8-3-2-4-9-24)12-17-34(18-13-28)22-32-39(36,37)23-30-14-7-16-33-19-15-29-21-33/h2-6,8-11,15,19,21-22,30H,7,12-14,16-18,20,23H2,1H3,(H,31,35). The number of methoxy groups -OCH3 is 1. The van der Waals surface area contributed by atoms with Crippen LogP contribution in [-0.2, 0) is 22.0 Å². The molecule has 1 aliphatic heterocycles. The third-order valence-corrected chi connectivity index (χ3v) is 8.05. The lowest BCUT2D eigenvalue weighted by molar-refractivity contribution is 0.0929. The van der Waals surface area contributed by atoms with Crippen molar-refractivity contribution in [1.29, 1.82) is 0 Å². The molecular weight excluding hydrogens is 516 g/mol. The highest BCUT2D eigenvalue weighted by molar-refractivity contribution is 7.90. The average molecular weight is 553 g/mol. The van der Waals surface area contributed by atoms with Gasteiger partial charge in [-0.05, 0) is 43.5 Å². The summed E-state index contributed by atoms with van der Waals surface area (Å²) in [6.45, 7) is 3.04. The number of aryl methyl sites for hydroxylation is 1. The van der Waals surface area contributed by atoms with Crippen LogP contribution in [0.4, 0.5) is 0 Å². The molecule has 2 N–H and O–H groups in total. The maximum absolute atomic E-state index is 13.0. The SMILES string of the molecule is COc1ccccc1C(=O)NCC1(c2ccccc2)CCN(C=NS(=O)(=O)CNCCCn2ccnc2)CC1. The predicted molar refractivity (Wildman–Crippen MR) is 151 cm³/mol. The van der Waals surface area contributed by atoms with Gasteiger partial charge in [-0.15, -0.1) is 0 Å². The van der Waals surface area contributed by atoms with Crippen molar-refractivity contribution in [2.24, 2.45) is 4.40 Å². The smallest absolute Gasteiger partial charge is 0.267 e. The van der Waals surface area contributed by atoms with Crippen LogP contribution in [0.1, 0.15) is 35.2 Å². The Labute approximate surface area is 230 Å². The molecule has 1 fully saturated rings. The maximum Gasteiger partial charge on any atom is 0.267 e. The number of amides is 1. The molecule has 39 heavy (non-hydrogen) atoms. The van der Waals surface area contributed by atoms with Gasteiger partial charge in [0.2, 0.25) is 0 Å². The number of aromatic nitrogens is 2. The fourth-order valence-corrected chi connectivity index (χ4v) is 5.54. The Balaban J connectivity index is 1.32. The van der Waals surface area contributed by atoms with Crippen LogP contribution >= 0.6 is 0 Å². The first-order valence-corrected chi connectivity index (χ1v) is 14.7. The largest absolute Gasteiger partial charge is 0.496 e. The Bertz CT molecular complexity index is 1320. The molecule has 0 saturated carbocycles. The average Bonchev–Trinajstić information content (AvgIpc) is 3.49. The second-order valence-electron chi connectivity index (χ2n) is 9.67. The molecule has 3 aromatic rings. The second kappa shape index (κ2) is 13.4. The minimum Gasteiger partial charge on any atom is -0.496 e. The Morgan fingerprint density at radius 1 is 1.13 bits per heavy atom. The number of para-hydroxylation sites is 1. The van der Waals surface area contributed by atoms with Gasteiger partial charge in [0.05, 0.1) is 19.0 Å². The first-order chi connectivity index (χ1) is 18.9. The Morgan fingerprint density at radius 2 is 1.87 bits per heavy atom. The van der Waals surface area contributed by atoms with E-state index < -0.39 is 10.0 Å². The fraction of sp³-hybridized carbons (Fsp3) is 0.393. The zero-order chi connectivity index (χ0) is 27.6. The highest BCUT2D eigenvalue weighted by atomic mass is 32.2. The topological polar surface area (TPSA) is 118 Å². The van der Waals surface area contributed by atoms with Crippen molar-refractivity contribution in [1.82, 2.24) is 25.1 Å². The van der Waals surface area contributed by atoms with E-state index in [1.165, 1.54) is 6.34 Å². The van der Waals surface area contributed by atoms with E-state index in [9.17, 15) is 13.2 Å². The number of likely N-dealkylation sites (tertiary alicyclic amines) is 1. The third-order valence-electron chi connectivity index (χ3n) is 7.06. The van der Waals surface area contributed by atoms with E-state index in [1.54, 1.807) is 31.8 Å².